The van der Waals surface area contributed by atoms with E-state index in [-0.39, 0.29) is 5.78 Å². The van der Waals surface area contributed by atoms with Crippen molar-refractivity contribution in [2.75, 3.05) is 11.9 Å². The minimum Gasteiger partial charge on any atom is -0.385 e. The molecule has 0 fully saturated rings. The summed E-state index contributed by atoms with van der Waals surface area (Å²) in [6.07, 6.45) is 0.467. The van der Waals surface area contributed by atoms with Crippen molar-refractivity contribution in [3.05, 3.63) is 64.2 Å². The van der Waals surface area contributed by atoms with Crippen LogP contribution in [0.2, 0.25) is 5.02 Å². The van der Waals surface area contributed by atoms with E-state index in [9.17, 15) is 4.79 Å². The molecule has 0 amide bonds. The third-order valence-corrected chi connectivity index (χ3v) is 3.63. The Bertz CT molecular complexity index is 605. The van der Waals surface area contributed by atoms with Gasteiger partial charge in [-0.1, -0.05) is 47.5 Å². The van der Waals surface area contributed by atoms with Gasteiger partial charge in [-0.2, -0.15) is 0 Å². The Hall–Kier alpha value is -1.80. The van der Waals surface area contributed by atoms with E-state index in [4.69, 9.17) is 11.6 Å². The Labute approximate surface area is 124 Å². The molecule has 1 N–H and O–H groups in total. The number of hydrogen-bond acceptors (Lipinski definition) is 2. The molecule has 0 heterocycles. The van der Waals surface area contributed by atoms with Gasteiger partial charge >= 0.3 is 0 Å². The van der Waals surface area contributed by atoms with Crippen LogP contribution in [-0.2, 0) is 0 Å². The van der Waals surface area contributed by atoms with Gasteiger partial charge in [0, 0.05) is 29.2 Å². The van der Waals surface area contributed by atoms with E-state index in [2.05, 4.69) is 5.32 Å². The Morgan fingerprint density at radius 2 is 1.80 bits per heavy atom. The van der Waals surface area contributed by atoms with Crippen LogP contribution < -0.4 is 5.32 Å². The van der Waals surface area contributed by atoms with Gasteiger partial charge in [0.05, 0.1) is 0 Å². The number of rotatable bonds is 5. The first-order chi connectivity index (χ1) is 9.56. The number of nitrogens with one attached hydrogen (secondary N) is 1. The van der Waals surface area contributed by atoms with Gasteiger partial charge in [-0.15, -0.1) is 0 Å². The molecule has 0 aromatic heterocycles. The van der Waals surface area contributed by atoms with E-state index in [1.54, 1.807) is 0 Å². The van der Waals surface area contributed by atoms with Crippen molar-refractivity contribution in [1.29, 1.82) is 0 Å². The van der Waals surface area contributed by atoms with Crippen molar-refractivity contribution in [3.8, 4) is 0 Å². The summed E-state index contributed by atoms with van der Waals surface area (Å²) in [4.78, 5) is 12.0. The van der Waals surface area contributed by atoms with E-state index < -0.39 is 0 Å². The van der Waals surface area contributed by atoms with E-state index in [0.29, 0.717) is 13.0 Å². The summed E-state index contributed by atoms with van der Waals surface area (Å²) in [6, 6.07) is 13.5. The van der Waals surface area contributed by atoms with E-state index in [0.717, 1.165) is 27.4 Å². The van der Waals surface area contributed by atoms with Gasteiger partial charge in [-0.3, -0.25) is 4.79 Å². The monoisotopic (exact) mass is 287 g/mol. The van der Waals surface area contributed by atoms with E-state index in [1.807, 2.05) is 56.3 Å². The quantitative estimate of drug-likeness (QED) is 0.812. The molecule has 0 radical (unpaired) electrons. The molecule has 0 aliphatic heterocycles. The number of hydrogen-bond donors (Lipinski definition) is 1. The largest absolute Gasteiger partial charge is 0.385 e. The Morgan fingerprint density at radius 3 is 2.45 bits per heavy atom. The molecule has 0 saturated heterocycles. The predicted molar refractivity (Wildman–Crippen MR) is 84.8 cm³/mol. The van der Waals surface area contributed by atoms with Crippen molar-refractivity contribution < 1.29 is 4.79 Å². The first-order valence-electron chi connectivity index (χ1n) is 6.66. The molecule has 0 unspecified atom stereocenters. The van der Waals surface area contributed by atoms with Crippen LogP contribution in [0.3, 0.4) is 0 Å². The van der Waals surface area contributed by atoms with Gasteiger partial charge in [0.25, 0.3) is 0 Å². The second-order valence-electron chi connectivity index (χ2n) is 4.93. The van der Waals surface area contributed by atoms with E-state index >= 15 is 0 Å². The zero-order valence-electron chi connectivity index (χ0n) is 11.7. The summed E-state index contributed by atoms with van der Waals surface area (Å²) in [6.45, 7) is 4.58. The molecule has 0 saturated carbocycles. The lowest BCUT2D eigenvalue weighted by molar-refractivity contribution is 0.0986. The summed E-state index contributed by atoms with van der Waals surface area (Å²) in [5.41, 5.74) is 3.92. The van der Waals surface area contributed by atoms with Crippen LogP contribution in [0.1, 0.15) is 27.9 Å². The highest BCUT2D eigenvalue weighted by atomic mass is 35.5. The summed E-state index contributed by atoms with van der Waals surface area (Å²) in [7, 11) is 0. The molecule has 2 rings (SSSR count). The number of benzene rings is 2. The molecule has 2 nitrogen and oxygen atoms in total. The first-order valence-corrected chi connectivity index (χ1v) is 7.04. The first kappa shape index (κ1) is 14.6. The molecular formula is C17H18ClNO. The van der Waals surface area contributed by atoms with Crippen LogP contribution in [0.15, 0.2) is 42.5 Å². The lowest BCUT2D eigenvalue weighted by atomic mass is 10.1. The zero-order valence-corrected chi connectivity index (χ0v) is 12.5. The minimum atomic E-state index is 0.149. The fourth-order valence-corrected chi connectivity index (χ4v) is 2.09. The Balaban J connectivity index is 1.87. The van der Waals surface area contributed by atoms with Crippen molar-refractivity contribution in [1.82, 2.24) is 0 Å². The average Bonchev–Trinajstić information content (AvgIpc) is 2.43. The maximum absolute atomic E-state index is 12.0. The van der Waals surface area contributed by atoms with Crippen LogP contribution in [0.4, 0.5) is 5.69 Å². The Kier molecular flexibility index (Phi) is 4.80. The van der Waals surface area contributed by atoms with Crippen LogP contribution >= 0.6 is 11.6 Å². The second-order valence-corrected chi connectivity index (χ2v) is 5.34. The lowest BCUT2D eigenvalue weighted by Gasteiger charge is -2.07. The summed E-state index contributed by atoms with van der Waals surface area (Å²) >= 11 is 6.06. The summed E-state index contributed by atoms with van der Waals surface area (Å²) < 4.78 is 0. The third kappa shape index (κ3) is 3.84. The highest BCUT2D eigenvalue weighted by Gasteiger charge is 2.05. The number of halogens is 1. The molecule has 0 bridgehead atoms. The fourth-order valence-electron chi connectivity index (χ4n) is 1.91. The normalized spacial score (nSPS) is 10.3. The fraction of sp³-hybridized carbons (Fsp3) is 0.235. The smallest absolute Gasteiger partial charge is 0.164 e. The zero-order chi connectivity index (χ0) is 14.5. The molecule has 3 heteroatoms. The summed E-state index contributed by atoms with van der Waals surface area (Å²) in [5, 5.41) is 3.96. The Morgan fingerprint density at radius 1 is 1.10 bits per heavy atom. The van der Waals surface area contributed by atoms with E-state index in [1.165, 1.54) is 0 Å². The molecule has 0 aliphatic rings. The van der Waals surface area contributed by atoms with Gasteiger partial charge in [-0.05, 0) is 31.5 Å². The second kappa shape index (κ2) is 6.58. The SMILES string of the molecule is Cc1ccc(C(=O)CCNc2ccc(C)c(Cl)c2)cc1. The highest BCUT2D eigenvalue weighted by Crippen LogP contribution is 2.19. The van der Waals surface area contributed by atoms with Crippen molar-refractivity contribution in [2.45, 2.75) is 20.3 Å². The van der Waals surface area contributed by atoms with Gasteiger partial charge < -0.3 is 5.32 Å². The lowest BCUT2D eigenvalue weighted by Crippen LogP contribution is -2.08. The molecule has 20 heavy (non-hydrogen) atoms. The number of aryl methyl sites for hydroxylation is 2. The molecular weight excluding hydrogens is 270 g/mol. The van der Waals surface area contributed by atoms with Crippen LogP contribution in [-0.4, -0.2) is 12.3 Å². The maximum atomic E-state index is 12.0. The standard InChI is InChI=1S/C17H18ClNO/c1-12-3-6-14(7-4-12)17(20)9-10-19-15-8-5-13(2)16(18)11-15/h3-8,11,19H,9-10H2,1-2H3. The maximum Gasteiger partial charge on any atom is 0.164 e. The van der Waals surface area contributed by atoms with Gasteiger partial charge in [0.2, 0.25) is 0 Å². The predicted octanol–water partition coefficient (Wildman–Crippen LogP) is 4.64. The van der Waals surface area contributed by atoms with Crippen molar-refractivity contribution in [3.63, 3.8) is 0 Å². The average molecular weight is 288 g/mol. The minimum absolute atomic E-state index is 0.149. The molecule has 2 aromatic carbocycles. The van der Waals surface area contributed by atoms with Crippen molar-refractivity contribution in [2.24, 2.45) is 0 Å². The van der Waals surface area contributed by atoms with Crippen LogP contribution in [0.25, 0.3) is 0 Å². The molecule has 0 spiro atoms. The highest BCUT2D eigenvalue weighted by molar-refractivity contribution is 6.31. The number of Topliss-reactive ketones (excluding diaryl/α,β-unsaturated/α-hetero) is 1. The number of carbonyl (C=O) groups excluding carboxylic acids is 1. The van der Waals surface area contributed by atoms with Gasteiger partial charge in [-0.25, -0.2) is 0 Å². The summed E-state index contributed by atoms with van der Waals surface area (Å²) in [5.74, 6) is 0.149. The van der Waals surface area contributed by atoms with Crippen molar-refractivity contribution >= 4 is 23.1 Å². The van der Waals surface area contributed by atoms with Gasteiger partial charge in [0.15, 0.2) is 5.78 Å². The van der Waals surface area contributed by atoms with Crippen LogP contribution in [0.5, 0.6) is 0 Å². The third-order valence-electron chi connectivity index (χ3n) is 3.23. The van der Waals surface area contributed by atoms with Crippen LogP contribution in [0, 0.1) is 13.8 Å². The molecule has 0 atom stereocenters. The van der Waals surface area contributed by atoms with Gasteiger partial charge in [0.1, 0.15) is 0 Å². The molecule has 0 aliphatic carbocycles. The number of ketones is 1. The molecule has 2 aromatic rings. The topological polar surface area (TPSA) is 29.1 Å². The number of carbonyl (C=O) groups is 1. The molecule has 104 valence electrons. The number of anilines is 1.